The Kier molecular flexibility index (Phi) is 8.18. The van der Waals surface area contributed by atoms with Gasteiger partial charge in [-0.2, -0.15) is 5.10 Å². The van der Waals surface area contributed by atoms with Gasteiger partial charge < -0.3 is 14.8 Å². The van der Waals surface area contributed by atoms with Gasteiger partial charge in [-0.3, -0.25) is 5.43 Å². The Bertz CT molecular complexity index is 751. The van der Waals surface area contributed by atoms with Crippen molar-refractivity contribution in [1.29, 1.82) is 0 Å². The van der Waals surface area contributed by atoms with Crippen LogP contribution < -0.4 is 20.2 Å². The van der Waals surface area contributed by atoms with Gasteiger partial charge >= 0.3 is 0 Å². The highest BCUT2D eigenvalue weighted by molar-refractivity contribution is 7.80. The third-order valence-electron chi connectivity index (χ3n) is 3.29. The molecule has 0 heterocycles. The van der Waals surface area contributed by atoms with E-state index in [2.05, 4.69) is 15.8 Å². The molecular formula is C19H22ClN3O2S. The zero-order valence-corrected chi connectivity index (χ0v) is 16.4. The summed E-state index contributed by atoms with van der Waals surface area (Å²) >= 11 is 11.0. The standard InChI is InChI=1S/C19H22ClN3O2S/c1-3-21-19(26)23-22-12-15-7-10-17(18(11-15)24-4-2)25-13-14-5-8-16(20)9-6-14/h5-12H,3-4,13H2,1-2H3,(H2,21,23,26). The van der Waals surface area contributed by atoms with Crippen molar-refractivity contribution in [2.45, 2.75) is 20.5 Å². The number of nitrogens with one attached hydrogen (secondary N) is 2. The van der Waals surface area contributed by atoms with E-state index in [0.29, 0.717) is 34.8 Å². The lowest BCUT2D eigenvalue weighted by Gasteiger charge is -2.12. The van der Waals surface area contributed by atoms with E-state index in [0.717, 1.165) is 17.7 Å². The number of nitrogens with zero attached hydrogens (tertiary/aromatic N) is 1. The van der Waals surface area contributed by atoms with E-state index in [4.69, 9.17) is 33.3 Å². The van der Waals surface area contributed by atoms with Gasteiger partial charge in [-0.25, -0.2) is 0 Å². The Morgan fingerprint density at radius 2 is 1.88 bits per heavy atom. The lowest BCUT2D eigenvalue weighted by Crippen LogP contribution is -2.31. The highest BCUT2D eigenvalue weighted by Gasteiger charge is 2.06. The van der Waals surface area contributed by atoms with Crippen molar-refractivity contribution in [3.8, 4) is 11.5 Å². The van der Waals surface area contributed by atoms with Gasteiger partial charge in [-0.1, -0.05) is 23.7 Å². The predicted octanol–water partition coefficient (Wildman–Crippen LogP) is 4.14. The summed E-state index contributed by atoms with van der Waals surface area (Å²) in [6.45, 7) is 5.62. The highest BCUT2D eigenvalue weighted by Crippen LogP contribution is 2.29. The smallest absolute Gasteiger partial charge is 0.186 e. The Balaban J connectivity index is 2.03. The summed E-state index contributed by atoms with van der Waals surface area (Å²) in [5.74, 6) is 1.34. The third kappa shape index (κ3) is 6.54. The molecule has 0 aliphatic heterocycles. The minimum atomic E-state index is 0.434. The molecule has 0 aromatic heterocycles. The molecule has 0 atom stereocenters. The van der Waals surface area contributed by atoms with E-state index < -0.39 is 0 Å². The number of thiocarbonyl (C=S) groups is 1. The maximum Gasteiger partial charge on any atom is 0.186 e. The van der Waals surface area contributed by atoms with Gasteiger partial charge in [0.15, 0.2) is 16.6 Å². The van der Waals surface area contributed by atoms with Crippen molar-refractivity contribution in [1.82, 2.24) is 10.7 Å². The van der Waals surface area contributed by atoms with Gasteiger partial charge in [0.1, 0.15) is 6.61 Å². The molecule has 2 aromatic carbocycles. The molecule has 0 unspecified atom stereocenters. The maximum absolute atomic E-state index is 5.90. The molecule has 0 bridgehead atoms. The Morgan fingerprint density at radius 1 is 1.12 bits per heavy atom. The minimum Gasteiger partial charge on any atom is -0.490 e. The van der Waals surface area contributed by atoms with Crippen LogP contribution in [0, 0.1) is 0 Å². The van der Waals surface area contributed by atoms with Crippen molar-refractivity contribution in [3.63, 3.8) is 0 Å². The summed E-state index contributed by atoms with van der Waals surface area (Å²) in [6, 6.07) is 13.2. The molecule has 0 aliphatic rings. The van der Waals surface area contributed by atoms with Gasteiger partial charge in [-0.15, -0.1) is 0 Å². The summed E-state index contributed by atoms with van der Waals surface area (Å²) in [5, 5.41) is 8.25. The average molecular weight is 392 g/mol. The lowest BCUT2D eigenvalue weighted by atomic mass is 10.2. The van der Waals surface area contributed by atoms with Crippen molar-refractivity contribution < 1.29 is 9.47 Å². The Hall–Kier alpha value is -2.31. The van der Waals surface area contributed by atoms with Crippen LogP contribution >= 0.6 is 23.8 Å². The molecule has 0 saturated heterocycles. The molecule has 0 aliphatic carbocycles. The quantitative estimate of drug-likeness (QED) is 0.402. The first kappa shape index (κ1) is 20.0. The first-order valence-electron chi connectivity index (χ1n) is 8.33. The Labute approximate surface area is 164 Å². The Morgan fingerprint density at radius 3 is 2.58 bits per heavy atom. The van der Waals surface area contributed by atoms with Crippen LogP contribution in [0.5, 0.6) is 11.5 Å². The van der Waals surface area contributed by atoms with Crippen molar-refractivity contribution in [2.24, 2.45) is 5.10 Å². The van der Waals surface area contributed by atoms with Crippen LogP contribution in [0.25, 0.3) is 0 Å². The third-order valence-corrected chi connectivity index (χ3v) is 3.78. The molecule has 26 heavy (non-hydrogen) atoms. The number of hydrazone groups is 1. The van der Waals surface area contributed by atoms with E-state index in [-0.39, 0.29) is 0 Å². The van der Waals surface area contributed by atoms with Gasteiger partial charge in [-0.05, 0) is 67.5 Å². The summed E-state index contributed by atoms with van der Waals surface area (Å²) < 4.78 is 11.6. The number of hydrogen-bond donors (Lipinski definition) is 2. The fourth-order valence-corrected chi connectivity index (χ4v) is 2.42. The molecule has 7 heteroatoms. The fraction of sp³-hybridized carbons (Fsp3) is 0.263. The first-order valence-corrected chi connectivity index (χ1v) is 9.12. The fourth-order valence-electron chi connectivity index (χ4n) is 2.10. The number of rotatable bonds is 8. The van der Waals surface area contributed by atoms with E-state index >= 15 is 0 Å². The van der Waals surface area contributed by atoms with E-state index in [1.54, 1.807) is 6.21 Å². The molecule has 2 aromatic rings. The van der Waals surface area contributed by atoms with Crippen LogP contribution in [-0.2, 0) is 6.61 Å². The topological polar surface area (TPSA) is 54.9 Å². The van der Waals surface area contributed by atoms with Crippen LogP contribution in [0.15, 0.2) is 47.6 Å². The zero-order valence-electron chi connectivity index (χ0n) is 14.8. The number of ether oxygens (including phenoxy) is 2. The molecule has 2 rings (SSSR count). The van der Waals surface area contributed by atoms with Crippen LogP contribution in [-0.4, -0.2) is 24.5 Å². The molecule has 2 N–H and O–H groups in total. The summed E-state index contributed by atoms with van der Waals surface area (Å²) in [4.78, 5) is 0. The molecule has 5 nitrogen and oxygen atoms in total. The molecule has 0 radical (unpaired) electrons. The average Bonchev–Trinajstić information content (AvgIpc) is 2.63. The van der Waals surface area contributed by atoms with Crippen LogP contribution in [0.1, 0.15) is 25.0 Å². The number of benzene rings is 2. The highest BCUT2D eigenvalue weighted by atomic mass is 35.5. The van der Waals surface area contributed by atoms with Gasteiger partial charge in [0.25, 0.3) is 0 Å². The molecule has 0 fully saturated rings. The molecule has 0 saturated carbocycles. The van der Waals surface area contributed by atoms with E-state index in [9.17, 15) is 0 Å². The zero-order chi connectivity index (χ0) is 18.8. The molecular weight excluding hydrogens is 370 g/mol. The monoisotopic (exact) mass is 391 g/mol. The largest absolute Gasteiger partial charge is 0.490 e. The van der Waals surface area contributed by atoms with Crippen LogP contribution in [0.2, 0.25) is 5.02 Å². The molecule has 138 valence electrons. The normalized spacial score (nSPS) is 10.6. The minimum absolute atomic E-state index is 0.434. The second-order valence-electron chi connectivity index (χ2n) is 5.28. The van der Waals surface area contributed by atoms with Crippen molar-refractivity contribution >= 4 is 35.1 Å². The van der Waals surface area contributed by atoms with Gasteiger partial charge in [0.2, 0.25) is 0 Å². The summed E-state index contributed by atoms with van der Waals surface area (Å²) in [6.07, 6.45) is 1.68. The second kappa shape index (κ2) is 10.6. The van der Waals surface area contributed by atoms with Crippen molar-refractivity contribution in [2.75, 3.05) is 13.2 Å². The predicted molar refractivity (Wildman–Crippen MR) is 110 cm³/mol. The summed E-state index contributed by atoms with van der Waals surface area (Å²) in [7, 11) is 0. The van der Waals surface area contributed by atoms with Crippen LogP contribution in [0.4, 0.5) is 0 Å². The second-order valence-corrected chi connectivity index (χ2v) is 6.13. The number of halogens is 1. The van der Waals surface area contributed by atoms with Gasteiger partial charge in [0.05, 0.1) is 12.8 Å². The molecule has 0 spiro atoms. The van der Waals surface area contributed by atoms with E-state index in [1.807, 2.05) is 56.3 Å². The van der Waals surface area contributed by atoms with Gasteiger partial charge in [0, 0.05) is 11.6 Å². The number of hydrogen-bond acceptors (Lipinski definition) is 4. The first-order chi connectivity index (χ1) is 12.6. The van der Waals surface area contributed by atoms with Crippen molar-refractivity contribution in [3.05, 3.63) is 58.6 Å². The van der Waals surface area contributed by atoms with Crippen LogP contribution in [0.3, 0.4) is 0 Å². The molecule has 0 amide bonds. The lowest BCUT2D eigenvalue weighted by molar-refractivity contribution is 0.269. The summed E-state index contributed by atoms with van der Waals surface area (Å²) in [5.41, 5.74) is 4.66. The maximum atomic E-state index is 5.90. The SMILES string of the molecule is CCNC(=S)NN=Cc1ccc(OCc2ccc(Cl)cc2)c(OCC)c1. The van der Waals surface area contributed by atoms with E-state index in [1.165, 1.54) is 0 Å².